The number of nitrogens with zero attached hydrogens (tertiary/aromatic N) is 4. The standard InChI is InChI=1S/C29H25N9O4/c30-23-24(26(40)25(23)39)31-11-15-2-1-3-16(8-15)12-32-28(41)21-10-22(34-13-33-21)29(42)37-20-7-5-17-9-18(4-6-19(17)20)27-35-14-36-38-27/h1-4,6,8-10,13-14,20,31H,5,7,11-12,30H2,(H,32,41)(H,37,42)(H,35,36,38)/t20-/m0/s1. The Hall–Kier alpha value is -5.72. The molecule has 13 heteroatoms. The van der Waals surface area contributed by atoms with E-state index in [1.807, 2.05) is 42.5 Å². The molecular weight excluding hydrogens is 538 g/mol. The average Bonchev–Trinajstić information content (AvgIpc) is 3.70. The monoisotopic (exact) mass is 563 g/mol. The number of aromatic amines is 1. The number of amides is 2. The molecular formula is C29H25N9O4. The fraction of sp³-hybridized carbons (Fsp3) is 0.172. The van der Waals surface area contributed by atoms with Gasteiger partial charge in [-0.2, -0.15) is 5.10 Å². The third-order valence-corrected chi connectivity index (χ3v) is 7.21. The molecule has 0 saturated carbocycles. The summed E-state index contributed by atoms with van der Waals surface area (Å²) < 4.78 is 0. The number of aromatic nitrogens is 5. The topological polar surface area (TPSA) is 198 Å². The molecule has 0 aliphatic heterocycles. The van der Waals surface area contributed by atoms with Crippen molar-refractivity contribution in [3.63, 3.8) is 0 Å². The third-order valence-electron chi connectivity index (χ3n) is 7.21. The number of nitrogen functional groups attached to an aromatic ring is 1. The van der Waals surface area contributed by atoms with Crippen molar-refractivity contribution < 1.29 is 9.59 Å². The molecule has 0 bridgehead atoms. The highest BCUT2D eigenvalue weighted by Gasteiger charge is 2.26. The van der Waals surface area contributed by atoms with Crippen molar-refractivity contribution in [1.82, 2.24) is 35.8 Å². The second kappa shape index (κ2) is 11.0. The van der Waals surface area contributed by atoms with Crippen LogP contribution in [0.5, 0.6) is 0 Å². The maximum atomic E-state index is 13.0. The van der Waals surface area contributed by atoms with Crippen molar-refractivity contribution in [3.05, 3.63) is 115 Å². The molecule has 5 aromatic rings. The van der Waals surface area contributed by atoms with Gasteiger partial charge in [0, 0.05) is 24.7 Å². The van der Waals surface area contributed by atoms with Crippen molar-refractivity contribution in [2.45, 2.75) is 32.0 Å². The molecule has 42 heavy (non-hydrogen) atoms. The van der Waals surface area contributed by atoms with Crippen LogP contribution in [0.4, 0.5) is 11.4 Å². The predicted molar refractivity (Wildman–Crippen MR) is 153 cm³/mol. The summed E-state index contributed by atoms with van der Waals surface area (Å²) in [4.78, 5) is 61.0. The SMILES string of the molecule is Nc1c(NCc2cccc(CNC(=O)c3cc(C(=O)N[C@H]4CCc5cc(-c6ncn[nH]6)ccc54)ncn3)c2)c(=O)c1=O. The molecule has 13 nitrogen and oxygen atoms in total. The summed E-state index contributed by atoms with van der Waals surface area (Å²) in [6.45, 7) is 0.491. The van der Waals surface area contributed by atoms with E-state index >= 15 is 0 Å². The Morgan fingerprint density at radius 3 is 2.45 bits per heavy atom. The van der Waals surface area contributed by atoms with Crippen LogP contribution in [-0.2, 0) is 19.5 Å². The fourth-order valence-corrected chi connectivity index (χ4v) is 4.99. The summed E-state index contributed by atoms with van der Waals surface area (Å²) >= 11 is 0. The van der Waals surface area contributed by atoms with E-state index in [1.165, 1.54) is 18.7 Å². The molecule has 1 aliphatic rings. The number of H-pyrrole nitrogens is 1. The van der Waals surface area contributed by atoms with Crippen LogP contribution in [-0.4, -0.2) is 37.0 Å². The second-order valence-electron chi connectivity index (χ2n) is 9.90. The van der Waals surface area contributed by atoms with Crippen LogP contribution in [0.3, 0.4) is 0 Å². The maximum Gasteiger partial charge on any atom is 0.270 e. The number of benzene rings is 2. The van der Waals surface area contributed by atoms with E-state index in [0.29, 0.717) is 5.82 Å². The van der Waals surface area contributed by atoms with Crippen LogP contribution < -0.4 is 32.5 Å². The molecule has 0 spiro atoms. The molecule has 1 aliphatic carbocycles. The molecule has 3 aromatic carbocycles. The first kappa shape index (κ1) is 26.5. The van der Waals surface area contributed by atoms with Crippen LogP contribution in [0, 0.1) is 0 Å². The third kappa shape index (κ3) is 5.22. The number of fused-ring (bicyclic) bond motifs is 1. The lowest BCUT2D eigenvalue weighted by Crippen LogP contribution is -2.36. The molecule has 0 fully saturated rings. The smallest absolute Gasteiger partial charge is 0.270 e. The Bertz CT molecular complexity index is 1880. The molecule has 6 N–H and O–H groups in total. The van der Waals surface area contributed by atoms with Crippen LogP contribution in [0.2, 0.25) is 0 Å². The Morgan fingerprint density at radius 1 is 0.905 bits per heavy atom. The molecule has 0 unspecified atom stereocenters. The predicted octanol–water partition coefficient (Wildman–Crippen LogP) is 1.40. The van der Waals surface area contributed by atoms with Crippen LogP contribution in [0.25, 0.3) is 11.4 Å². The lowest BCUT2D eigenvalue weighted by atomic mass is 10.0. The van der Waals surface area contributed by atoms with Gasteiger partial charge in [-0.15, -0.1) is 0 Å². The Morgan fingerprint density at radius 2 is 1.69 bits per heavy atom. The van der Waals surface area contributed by atoms with Gasteiger partial charge >= 0.3 is 0 Å². The first-order valence-electron chi connectivity index (χ1n) is 13.2. The lowest BCUT2D eigenvalue weighted by Gasteiger charge is -2.14. The van der Waals surface area contributed by atoms with Crippen molar-refractivity contribution in [1.29, 1.82) is 0 Å². The van der Waals surface area contributed by atoms with E-state index in [-0.39, 0.29) is 41.9 Å². The number of rotatable bonds is 9. The minimum absolute atomic E-state index is 0.0621. The van der Waals surface area contributed by atoms with Gasteiger partial charge in [-0.05, 0) is 41.2 Å². The van der Waals surface area contributed by atoms with Gasteiger partial charge in [-0.1, -0.05) is 36.4 Å². The Kier molecular flexibility index (Phi) is 6.97. The van der Waals surface area contributed by atoms with E-state index in [1.54, 1.807) is 0 Å². The van der Waals surface area contributed by atoms with E-state index in [9.17, 15) is 19.2 Å². The average molecular weight is 564 g/mol. The van der Waals surface area contributed by atoms with Crippen molar-refractivity contribution >= 4 is 23.2 Å². The zero-order valence-corrected chi connectivity index (χ0v) is 22.2. The van der Waals surface area contributed by atoms with Crippen molar-refractivity contribution in [2.24, 2.45) is 0 Å². The van der Waals surface area contributed by atoms with E-state index in [2.05, 4.69) is 41.1 Å². The molecule has 1 atom stereocenters. The van der Waals surface area contributed by atoms with Crippen molar-refractivity contribution in [2.75, 3.05) is 11.1 Å². The van der Waals surface area contributed by atoms with Gasteiger partial charge < -0.3 is 21.7 Å². The number of aryl methyl sites for hydroxylation is 1. The molecule has 210 valence electrons. The minimum Gasteiger partial charge on any atom is -0.394 e. The molecule has 2 aromatic heterocycles. The van der Waals surface area contributed by atoms with Gasteiger partial charge in [0.15, 0.2) is 5.82 Å². The molecule has 0 saturated heterocycles. The molecule has 6 rings (SSSR count). The largest absolute Gasteiger partial charge is 0.394 e. The lowest BCUT2D eigenvalue weighted by molar-refractivity contribution is 0.0931. The van der Waals surface area contributed by atoms with Crippen LogP contribution >= 0.6 is 0 Å². The van der Waals surface area contributed by atoms with Gasteiger partial charge in [0.25, 0.3) is 22.7 Å². The van der Waals surface area contributed by atoms with E-state index < -0.39 is 22.7 Å². The number of nitrogens with two attached hydrogens (primary N) is 1. The zero-order chi connectivity index (χ0) is 29.2. The van der Waals surface area contributed by atoms with Gasteiger partial charge in [0.05, 0.1) is 6.04 Å². The van der Waals surface area contributed by atoms with Crippen molar-refractivity contribution in [3.8, 4) is 11.4 Å². The first-order valence-corrected chi connectivity index (χ1v) is 13.2. The summed E-state index contributed by atoms with van der Waals surface area (Å²) in [5.74, 6) is -0.172. The van der Waals surface area contributed by atoms with Gasteiger partial charge in [0.2, 0.25) is 0 Å². The molecule has 0 radical (unpaired) electrons. The molecule has 2 amide bonds. The Labute approximate surface area is 238 Å². The number of carbonyl (C=O) groups is 2. The van der Waals surface area contributed by atoms with Gasteiger partial charge in [-0.25, -0.2) is 15.0 Å². The summed E-state index contributed by atoms with van der Waals surface area (Å²) in [5.41, 5.74) is 9.19. The number of anilines is 2. The summed E-state index contributed by atoms with van der Waals surface area (Å²) in [7, 11) is 0. The normalized spacial score (nSPS) is 14.0. The zero-order valence-electron chi connectivity index (χ0n) is 22.2. The number of nitrogens with one attached hydrogen (secondary N) is 4. The number of hydrogen-bond donors (Lipinski definition) is 5. The summed E-state index contributed by atoms with van der Waals surface area (Å²) in [5, 5.41) is 15.4. The maximum absolute atomic E-state index is 13.0. The number of hydrogen-bond acceptors (Lipinski definition) is 10. The minimum atomic E-state index is -0.679. The second-order valence-corrected chi connectivity index (χ2v) is 9.90. The fourth-order valence-electron chi connectivity index (χ4n) is 4.99. The van der Waals surface area contributed by atoms with E-state index in [4.69, 9.17) is 5.73 Å². The van der Waals surface area contributed by atoms with E-state index in [0.717, 1.165) is 40.7 Å². The highest BCUT2D eigenvalue weighted by molar-refractivity contribution is 5.97. The van der Waals surface area contributed by atoms with Gasteiger partial charge in [0.1, 0.15) is 35.4 Å². The van der Waals surface area contributed by atoms with Crippen LogP contribution in [0.15, 0.2) is 70.8 Å². The number of carbonyl (C=O) groups excluding carboxylic acids is 2. The van der Waals surface area contributed by atoms with Crippen LogP contribution in [0.1, 0.15) is 55.7 Å². The molecule has 2 heterocycles. The summed E-state index contributed by atoms with van der Waals surface area (Å²) in [6, 6.07) is 14.5. The quantitative estimate of drug-likeness (QED) is 0.163. The van der Waals surface area contributed by atoms with Gasteiger partial charge in [-0.3, -0.25) is 24.3 Å². The summed E-state index contributed by atoms with van der Waals surface area (Å²) in [6.07, 6.45) is 4.20. The highest BCUT2D eigenvalue weighted by atomic mass is 16.2. The highest BCUT2D eigenvalue weighted by Crippen LogP contribution is 2.33. The first-order chi connectivity index (χ1) is 20.4. The Balaban J connectivity index is 1.05.